The normalized spacial score (nSPS) is 29.0. The molecule has 0 unspecified atom stereocenters. The molecule has 1 rings (SSSR count). The highest BCUT2D eigenvalue weighted by Crippen LogP contribution is 2.34. The molecular weight excluding hydrogens is 152 g/mol. The third-order valence-corrected chi connectivity index (χ3v) is 2.75. The summed E-state index contributed by atoms with van der Waals surface area (Å²) in [5.41, 5.74) is -0.0902. The molecule has 0 spiro atoms. The van der Waals surface area contributed by atoms with Gasteiger partial charge in [0, 0.05) is 6.42 Å². The average Bonchev–Trinajstić information content (AvgIpc) is 2.45. The number of rotatable bonds is 4. The number of carbonyl (C=O) groups excluding carboxylic acids is 1. The Labute approximate surface area is 74.3 Å². The monoisotopic (exact) mass is 170 g/mol. The molecule has 2 nitrogen and oxygen atoms in total. The number of ether oxygens (including phenoxy) is 1. The minimum Gasteiger partial charge on any atom is -0.459 e. The van der Waals surface area contributed by atoms with E-state index in [9.17, 15) is 4.79 Å². The molecule has 12 heavy (non-hydrogen) atoms. The van der Waals surface area contributed by atoms with Crippen molar-refractivity contribution in [3.63, 3.8) is 0 Å². The van der Waals surface area contributed by atoms with Gasteiger partial charge in [-0.1, -0.05) is 20.3 Å². The van der Waals surface area contributed by atoms with Crippen molar-refractivity contribution in [1.29, 1.82) is 0 Å². The van der Waals surface area contributed by atoms with E-state index in [-0.39, 0.29) is 11.6 Å². The fourth-order valence-electron chi connectivity index (χ4n) is 1.77. The highest BCUT2D eigenvalue weighted by molar-refractivity contribution is 5.72. The second-order valence-electron chi connectivity index (χ2n) is 3.61. The summed E-state index contributed by atoms with van der Waals surface area (Å²) in [7, 11) is 0. The van der Waals surface area contributed by atoms with Gasteiger partial charge in [-0.2, -0.15) is 0 Å². The molecule has 2 heteroatoms. The summed E-state index contributed by atoms with van der Waals surface area (Å²) < 4.78 is 5.36. The maximum absolute atomic E-state index is 11.0. The molecule has 0 aromatic rings. The molecule has 0 bridgehead atoms. The van der Waals surface area contributed by atoms with Crippen LogP contribution in [0.2, 0.25) is 0 Å². The van der Waals surface area contributed by atoms with Crippen LogP contribution < -0.4 is 0 Å². The van der Waals surface area contributed by atoms with E-state index in [1.807, 2.05) is 0 Å². The molecule has 0 aliphatic carbocycles. The van der Waals surface area contributed by atoms with Crippen molar-refractivity contribution >= 4 is 5.97 Å². The van der Waals surface area contributed by atoms with E-state index in [4.69, 9.17) is 4.74 Å². The lowest BCUT2D eigenvalue weighted by Crippen LogP contribution is -2.27. The van der Waals surface area contributed by atoms with Gasteiger partial charge >= 0.3 is 5.97 Å². The van der Waals surface area contributed by atoms with Crippen LogP contribution in [0.1, 0.15) is 52.4 Å². The summed E-state index contributed by atoms with van der Waals surface area (Å²) in [6.45, 7) is 4.27. The Hall–Kier alpha value is -0.530. The molecule has 1 atom stereocenters. The average molecular weight is 170 g/mol. The zero-order valence-electron chi connectivity index (χ0n) is 8.06. The lowest BCUT2D eigenvalue weighted by atomic mass is 9.91. The van der Waals surface area contributed by atoms with E-state index >= 15 is 0 Å². The minimum atomic E-state index is -0.0902. The highest BCUT2D eigenvalue weighted by atomic mass is 16.6. The fourth-order valence-corrected chi connectivity index (χ4v) is 1.77. The second kappa shape index (κ2) is 3.92. The first kappa shape index (κ1) is 9.56. The van der Waals surface area contributed by atoms with E-state index in [1.54, 1.807) is 0 Å². The summed E-state index contributed by atoms with van der Waals surface area (Å²) in [6.07, 6.45) is 5.92. The highest BCUT2D eigenvalue weighted by Gasteiger charge is 2.37. The van der Waals surface area contributed by atoms with Gasteiger partial charge in [-0.15, -0.1) is 0 Å². The van der Waals surface area contributed by atoms with Gasteiger partial charge in [-0.05, 0) is 25.7 Å². The van der Waals surface area contributed by atoms with Crippen LogP contribution in [0.3, 0.4) is 0 Å². The molecule has 0 aromatic heterocycles. The number of unbranched alkanes of at least 4 members (excludes halogenated alkanes) is 1. The predicted octanol–water partition coefficient (Wildman–Crippen LogP) is 2.66. The maximum Gasteiger partial charge on any atom is 0.306 e. The van der Waals surface area contributed by atoms with Crippen molar-refractivity contribution in [2.45, 2.75) is 58.0 Å². The fraction of sp³-hybridized carbons (Fsp3) is 0.900. The summed E-state index contributed by atoms with van der Waals surface area (Å²) in [5, 5.41) is 0. The SMILES string of the molecule is CCCC[C@@]1(CC)CCC(=O)O1. The van der Waals surface area contributed by atoms with E-state index in [1.165, 1.54) is 12.8 Å². The molecule has 0 amide bonds. The molecule has 0 aromatic carbocycles. The Bertz CT molecular complexity index is 165. The van der Waals surface area contributed by atoms with E-state index in [0.717, 1.165) is 19.3 Å². The number of cyclic esters (lactones) is 1. The zero-order chi connectivity index (χ0) is 9.03. The summed E-state index contributed by atoms with van der Waals surface area (Å²) in [5.74, 6) is -0.00652. The summed E-state index contributed by atoms with van der Waals surface area (Å²) in [4.78, 5) is 11.0. The minimum absolute atomic E-state index is 0.00652. The number of carbonyl (C=O) groups is 1. The standard InChI is InChI=1S/C10H18O2/c1-3-5-7-10(4-2)8-6-9(11)12-10/h3-8H2,1-2H3/t10-/m0/s1. The van der Waals surface area contributed by atoms with E-state index in [0.29, 0.717) is 6.42 Å². The van der Waals surface area contributed by atoms with Crippen LogP contribution in [-0.4, -0.2) is 11.6 Å². The Kier molecular flexibility index (Phi) is 3.12. The lowest BCUT2D eigenvalue weighted by molar-refractivity contribution is -0.149. The van der Waals surface area contributed by atoms with Gasteiger partial charge < -0.3 is 4.74 Å². The van der Waals surface area contributed by atoms with Gasteiger partial charge in [0.1, 0.15) is 5.60 Å². The Balaban J connectivity index is 2.46. The largest absolute Gasteiger partial charge is 0.459 e. The van der Waals surface area contributed by atoms with Crippen LogP contribution in [-0.2, 0) is 9.53 Å². The third-order valence-electron chi connectivity index (χ3n) is 2.75. The first-order valence-corrected chi connectivity index (χ1v) is 4.94. The van der Waals surface area contributed by atoms with Crippen molar-refractivity contribution in [2.24, 2.45) is 0 Å². The predicted molar refractivity (Wildman–Crippen MR) is 47.9 cm³/mol. The van der Waals surface area contributed by atoms with Gasteiger partial charge in [0.25, 0.3) is 0 Å². The van der Waals surface area contributed by atoms with Crippen LogP contribution in [0.15, 0.2) is 0 Å². The van der Waals surface area contributed by atoms with Crippen LogP contribution >= 0.6 is 0 Å². The molecule has 1 saturated heterocycles. The van der Waals surface area contributed by atoms with E-state index < -0.39 is 0 Å². The smallest absolute Gasteiger partial charge is 0.306 e. The zero-order valence-corrected chi connectivity index (χ0v) is 8.06. The third kappa shape index (κ3) is 1.99. The van der Waals surface area contributed by atoms with E-state index in [2.05, 4.69) is 13.8 Å². The molecular formula is C10H18O2. The second-order valence-corrected chi connectivity index (χ2v) is 3.61. The molecule has 0 N–H and O–H groups in total. The summed E-state index contributed by atoms with van der Waals surface area (Å²) in [6, 6.07) is 0. The van der Waals surface area contributed by atoms with Crippen LogP contribution in [0.25, 0.3) is 0 Å². The molecule has 0 radical (unpaired) electrons. The van der Waals surface area contributed by atoms with Crippen molar-refractivity contribution < 1.29 is 9.53 Å². The topological polar surface area (TPSA) is 26.3 Å². The number of hydrogen-bond acceptors (Lipinski definition) is 2. The van der Waals surface area contributed by atoms with Gasteiger partial charge in [0.2, 0.25) is 0 Å². The van der Waals surface area contributed by atoms with Crippen molar-refractivity contribution in [2.75, 3.05) is 0 Å². The first-order valence-electron chi connectivity index (χ1n) is 4.94. The molecule has 0 saturated carbocycles. The van der Waals surface area contributed by atoms with Crippen molar-refractivity contribution in [3.05, 3.63) is 0 Å². The lowest BCUT2D eigenvalue weighted by Gasteiger charge is -2.25. The van der Waals surface area contributed by atoms with Crippen LogP contribution in [0.4, 0.5) is 0 Å². The number of hydrogen-bond donors (Lipinski definition) is 0. The molecule has 1 aliphatic heterocycles. The molecule has 70 valence electrons. The first-order chi connectivity index (χ1) is 5.72. The van der Waals surface area contributed by atoms with Gasteiger partial charge in [0.15, 0.2) is 0 Å². The number of esters is 1. The van der Waals surface area contributed by atoms with Gasteiger partial charge in [0.05, 0.1) is 0 Å². The van der Waals surface area contributed by atoms with Crippen LogP contribution in [0, 0.1) is 0 Å². The maximum atomic E-state index is 11.0. The Morgan fingerprint density at radius 3 is 2.67 bits per heavy atom. The summed E-state index contributed by atoms with van der Waals surface area (Å²) >= 11 is 0. The van der Waals surface area contributed by atoms with Crippen molar-refractivity contribution in [1.82, 2.24) is 0 Å². The Morgan fingerprint density at radius 1 is 1.50 bits per heavy atom. The molecule has 1 heterocycles. The quantitative estimate of drug-likeness (QED) is 0.606. The van der Waals surface area contributed by atoms with Gasteiger partial charge in [-0.3, -0.25) is 4.79 Å². The molecule has 1 aliphatic rings. The van der Waals surface area contributed by atoms with Gasteiger partial charge in [-0.25, -0.2) is 0 Å². The van der Waals surface area contributed by atoms with Crippen molar-refractivity contribution in [3.8, 4) is 0 Å². The Morgan fingerprint density at radius 2 is 2.25 bits per heavy atom. The van der Waals surface area contributed by atoms with Crippen LogP contribution in [0.5, 0.6) is 0 Å². The molecule has 1 fully saturated rings.